The SMILES string of the molecule is Cc1ccc(NC(=O)/C(C#N)=C\c2cc(Cl)c(OCc3ccccc3F)c(Br)c2)cc1. The number of halogens is 3. The van der Waals surface area contributed by atoms with E-state index >= 15 is 0 Å². The molecule has 0 saturated heterocycles. The number of nitrogens with zero attached hydrogens (tertiary/aromatic N) is 1. The van der Waals surface area contributed by atoms with Crippen LogP contribution in [0.2, 0.25) is 5.02 Å². The first kappa shape index (κ1) is 22.5. The number of anilines is 1. The van der Waals surface area contributed by atoms with Crippen molar-refractivity contribution in [1.82, 2.24) is 0 Å². The number of hydrogen-bond donors (Lipinski definition) is 1. The molecular formula is C24H17BrClFN2O2. The van der Waals surface area contributed by atoms with Gasteiger partial charge in [-0.25, -0.2) is 4.39 Å². The lowest BCUT2D eigenvalue weighted by Gasteiger charge is -2.12. The smallest absolute Gasteiger partial charge is 0.266 e. The molecule has 0 atom stereocenters. The Kier molecular flexibility index (Phi) is 7.45. The Balaban J connectivity index is 1.77. The molecule has 0 spiro atoms. The Bertz CT molecular complexity index is 1160. The van der Waals surface area contributed by atoms with Gasteiger partial charge in [-0.1, -0.05) is 47.5 Å². The lowest BCUT2D eigenvalue weighted by Crippen LogP contribution is -2.13. The van der Waals surface area contributed by atoms with Gasteiger partial charge in [0.2, 0.25) is 0 Å². The Morgan fingerprint density at radius 1 is 1.23 bits per heavy atom. The van der Waals surface area contributed by atoms with Crippen molar-refractivity contribution in [3.8, 4) is 11.8 Å². The molecule has 0 fully saturated rings. The van der Waals surface area contributed by atoms with E-state index in [9.17, 15) is 14.4 Å². The molecule has 0 aromatic heterocycles. The van der Waals surface area contributed by atoms with Crippen LogP contribution in [0.25, 0.3) is 6.08 Å². The van der Waals surface area contributed by atoms with Crippen molar-refractivity contribution in [3.63, 3.8) is 0 Å². The van der Waals surface area contributed by atoms with Gasteiger partial charge in [0.05, 0.1) is 9.50 Å². The number of hydrogen-bond acceptors (Lipinski definition) is 3. The van der Waals surface area contributed by atoms with Gasteiger partial charge in [-0.2, -0.15) is 5.26 Å². The first-order chi connectivity index (χ1) is 14.9. The van der Waals surface area contributed by atoms with Crippen molar-refractivity contribution < 1.29 is 13.9 Å². The maximum atomic E-state index is 13.8. The molecule has 3 rings (SSSR count). The van der Waals surface area contributed by atoms with Gasteiger partial charge in [-0.05, 0) is 64.8 Å². The van der Waals surface area contributed by atoms with Gasteiger partial charge in [-0.15, -0.1) is 0 Å². The van der Waals surface area contributed by atoms with Crippen LogP contribution >= 0.6 is 27.5 Å². The summed E-state index contributed by atoms with van der Waals surface area (Å²) in [5.74, 6) is -0.560. The van der Waals surface area contributed by atoms with Crippen molar-refractivity contribution in [2.75, 3.05) is 5.32 Å². The molecule has 0 aliphatic carbocycles. The minimum atomic E-state index is -0.529. The zero-order chi connectivity index (χ0) is 22.4. The first-order valence-electron chi connectivity index (χ1n) is 9.22. The third-order valence-electron chi connectivity index (χ3n) is 4.34. The van der Waals surface area contributed by atoms with E-state index in [4.69, 9.17) is 16.3 Å². The van der Waals surface area contributed by atoms with Crippen molar-refractivity contribution in [1.29, 1.82) is 5.26 Å². The Morgan fingerprint density at radius 2 is 1.94 bits per heavy atom. The van der Waals surface area contributed by atoms with Crippen molar-refractivity contribution in [2.24, 2.45) is 0 Å². The maximum absolute atomic E-state index is 13.8. The van der Waals surface area contributed by atoms with Crippen LogP contribution in [0.4, 0.5) is 10.1 Å². The average Bonchev–Trinajstić information content (AvgIpc) is 2.74. The highest BCUT2D eigenvalue weighted by Gasteiger charge is 2.13. The van der Waals surface area contributed by atoms with Gasteiger partial charge in [0.15, 0.2) is 5.75 Å². The fourth-order valence-electron chi connectivity index (χ4n) is 2.72. The van der Waals surface area contributed by atoms with Crippen LogP contribution in [-0.2, 0) is 11.4 Å². The zero-order valence-corrected chi connectivity index (χ0v) is 18.8. The van der Waals surface area contributed by atoms with E-state index in [1.807, 2.05) is 25.1 Å². The lowest BCUT2D eigenvalue weighted by molar-refractivity contribution is -0.112. The minimum Gasteiger partial charge on any atom is -0.486 e. The number of nitriles is 1. The van der Waals surface area contributed by atoms with Crippen LogP contribution < -0.4 is 10.1 Å². The van der Waals surface area contributed by atoms with Gasteiger partial charge in [0.25, 0.3) is 5.91 Å². The molecule has 31 heavy (non-hydrogen) atoms. The van der Waals surface area contributed by atoms with Gasteiger partial charge < -0.3 is 10.1 Å². The largest absolute Gasteiger partial charge is 0.486 e. The average molecular weight is 500 g/mol. The van der Waals surface area contributed by atoms with E-state index in [1.54, 1.807) is 42.5 Å². The topological polar surface area (TPSA) is 62.1 Å². The third-order valence-corrected chi connectivity index (χ3v) is 5.21. The summed E-state index contributed by atoms with van der Waals surface area (Å²) in [6, 6.07) is 18.7. The van der Waals surface area contributed by atoms with Crippen LogP contribution in [-0.4, -0.2) is 5.91 Å². The predicted molar refractivity (Wildman–Crippen MR) is 123 cm³/mol. The summed E-state index contributed by atoms with van der Waals surface area (Å²) in [5, 5.41) is 12.4. The normalized spacial score (nSPS) is 11.0. The number of carbonyl (C=O) groups is 1. The Morgan fingerprint density at radius 3 is 2.58 bits per heavy atom. The number of aryl methyl sites for hydroxylation is 1. The molecular weight excluding hydrogens is 483 g/mol. The Labute approximate surface area is 193 Å². The highest BCUT2D eigenvalue weighted by Crippen LogP contribution is 2.36. The monoisotopic (exact) mass is 498 g/mol. The molecule has 156 valence electrons. The highest BCUT2D eigenvalue weighted by atomic mass is 79.9. The molecule has 1 amide bonds. The molecule has 1 N–H and O–H groups in total. The quantitative estimate of drug-likeness (QED) is 0.304. The van der Waals surface area contributed by atoms with Crippen LogP contribution in [0, 0.1) is 24.1 Å². The molecule has 3 aromatic rings. The zero-order valence-electron chi connectivity index (χ0n) is 16.5. The molecule has 4 nitrogen and oxygen atoms in total. The van der Waals surface area contributed by atoms with E-state index < -0.39 is 5.91 Å². The summed E-state index contributed by atoms with van der Waals surface area (Å²) >= 11 is 9.71. The molecule has 0 heterocycles. The summed E-state index contributed by atoms with van der Waals surface area (Å²) in [6.45, 7) is 1.94. The third kappa shape index (κ3) is 5.94. The number of amides is 1. The standard InChI is InChI=1S/C24H17BrClFN2O2/c1-15-6-8-19(9-7-15)29-24(30)18(13-28)10-16-11-20(25)23(21(26)12-16)31-14-17-4-2-3-5-22(17)27/h2-12H,14H2,1H3,(H,29,30)/b18-10-. The van der Waals surface area contributed by atoms with Gasteiger partial charge in [0.1, 0.15) is 24.1 Å². The van der Waals surface area contributed by atoms with Crippen LogP contribution in [0.15, 0.2) is 70.7 Å². The summed E-state index contributed by atoms with van der Waals surface area (Å²) in [4.78, 5) is 12.5. The highest BCUT2D eigenvalue weighted by molar-refractivity contribution is 9.10. The van der Waals surface area contributed by atoms with Crippen LogP contribution in [0.1, 0.15) is 16.7 Å². The number of rotatable bonds is 6. The molecule has 0 saturated carbocycles. The molecule has 3 aromatic carbocycles. The van der Waals surface area contributed by atoms with E-state index in [-0.39, 0.29) is 23.0 Å². The summed E-state index contributed by atoms with van der Waals surface area (Å²) in [5.41, 5.74) is 2.50. The van der Waals surface area contributed by atoms with E-state index in [0.29, 0.717) is 27.0 Å². The molecule has 0 bridgehead atoms. The summed E-state index contributed by atoms with van der Waals surface area (Å²) in [7, 11) is 0. The minimum absolute atomic E-state index is 0.00256. The second kappa shape index (κ2) is 10.3. The van der Waals surface area contributed by atoms with Crippen LogP contribution in [0.5, 0.6) is 5.75 Å². The summed E-state index contributed by atoms with van der Waals surface area (Å²) < 4.78 is 20.0. The van der Waals surface area contributed by atoms with E-state index in [0.717, 1.165) is 5.56 Å². The van der Waals surface area contributed by atoms with Gasteiger partial charge in [-0.3, -0.25) is 4.79 Å². The Hall–Kier alpha value is -3.14. The first-order valence-corrected chi connectivity index (χ1v) is 10.4. The lowest BCUT2D eigenvalue weighted by atomic mass is 10.1. The second-order valence-electron chi connectivity index (χ2n) is 6.68. The predicted octanol–water partition coefficient (Wildman–Crippen LogP) is 6.67. The van der Waals surface area contributed by atoms with Gasteiger partial charge >= 0.3 is 0 Å². The number of nitrogens with one attached hydrogen (secondary N) is 1. The van der Waals surface area contributed by atoms with Crippen molar-refractivity contribution >= 4 is 45.2 Å². The summed E-state index contributed by atoms with van der Waals surface area (Å²) in [6.07, 6.45) is 1.43. The van der Waals surface area contributed by atoms with Crippen LogP contribution in [0.3, 0.4) is 0 Å². The van der Waals surface area contributed by atoms with E-state index in [1.165, 1.54) is 12.1 Å². The molecule has 7 heteroatoms. The number of benzene rings is 3. The molecule has 0 unspecified atom stereocenters. The van der Waals surface area contributed by atoms with E-state index in [2.05, 4.69) is 21.2 Å². The fraction of sp³-hybridized carbons (Fsp3) is 0.0833. The molecule has 0 aliphatic heterocycles. The fourth-order valence-corrected chi connectivity index (χ4v) is 3.71. The molecule has 0 radical (unpaired) electrons. The van der Waals surface area contributed by atoms with Gasteiger partial charge in [0, 0.05) is 11.3 Å². The number of ether oxygens (including phenoxy) is 1. The maximum Gasteiger partial charge on any atom is 0.266 e. The van der Waals surface area contributed by atoms with Crippen molar-refractivity contribution in [2.45, 2.75) is 13.5 Å². The molecule has 0 aliphatic rings. The van der Waals surface area contributed by atoms with Crippen molar-refractivity contribution in [3.05, 3.63) is 98.2 Å². The second-order valence-corrected chi connectivity index (χ2v) is 7.95. The number of carbonyl (C=O) groups excluding carboxylic acids is 1.